The Hall–Kier alpha value is -0.860. The molecular weight excluding hydrogens is 222 g/mol. The minimum Gasteiger partial charge on any atom is -0.304 e. The predicted molar refractivity (Wildman–Crippen MR) is 65.7 cm³/mol. The summed E-state index contributed by atoms with van der Waals surface area (Å²) < 4.78 is 53.6. The number of rotatable bonds is 2. The first-order valence-electron chi connectivity index (χ1n) is 8.43. The molecule has 1 fully saturated rings. The van der Waals surface area contributed by atoms with Crippen LogP contribution < -0.4 is 5.32 Å². The highest BCUT2D eigenvalue weighted by Crippen LogP contribution is 2.37. The molecule has 0 amide bonds. The topological polar surface area (TPSA) is 29.1 Å². The van der Waals surface area contributed by atoms with Crippen molar-refractivity contribution in [1.82, 2.24) is 5.32 Å². The quantitative estimate of drug-likeness (QED) is 0.867. The van der Waals surface area contributed by atoms with E-state index in [1.54, 1.807) is 12.1 Å². The van der Waals surface area contributed by atoms with Gasteiger partial charge >= 0.3 is 0 Å². The van der Waals surface area contributed by atoms with Crippen molar-refractivity contribution in [3.63, 3.8) is 0 Å². The van der Waals surface area contributed by atoms with Gasteiger partial charge in [0.15, 0.2) is 5.78 Å². The maximum Gasteiger partial charge on any atom is 0.157 e. The third-order valence-electron chi connectivity index (χ3n) is 2.76. The van der Waals surface area contributed by atoms with E-state index in [1.807, 2.05) is 0 Å². The number of nitrogens with one attached hydrogen (secondary N) is 1. The molecule has 16 heavy (non-hydrogen) atoms. The molecule has 1 N–H and O–H groups in total. The molecule has 0 spiro atoms. The zero-order chi connectivity index (χ0) is 17.7. The SMILES string of the molecule is [2H]C([2H])([2H])NC1(c2ccccc2Cl)CCC([2H])([2H])C([2H])([2H])C1=O. The molecule has 0 saturated heterocycles. The molecule has 1 aliphatic rings. The molecule has 2 nitrogen and oxygen atoms in total. The third kappa shape index (κ3) is 1.76. The Labute approximate surface area is 111 Å². The van der Waals surface area contributed by atoms with E-state index in [9.17, 15) is 4.79 Å². The van der Waals surface area contributed by atoms with Gasteiger partial charge < -0.3 is 5.32 Å². The summed E-state index contributed by atoms with van der Waals surface area (Å²) in [5.41, 5.74) is -1.76. The van der Waals surface area contributed by atoms with Crippen LogP contribution in [-0.2, 0) is 10.3 Å². The van der Waals surface area contributed by atoms with Gasteiger partial charge in [-0.05, 0) is 31.4 Å². The van der Waals surface area contributed by atoms with Crippen LogP contribution in [0.5, 0.6) is 0 Å². The fourth-order valence-electron chi connectivity index (χ4n) is 1.86. The summed E-state index contributed by atoms with van der Waals surface area (Å²) in [7, 11) is 0. The number of hydrogen-bond acceptors (Lipinski definition) is 2. The normalized spacial score (nSPS) is 39.3. The van der Waals surface area contributed by atoms with Gasteiger partial charge in [-0.2, -0.15) is 0 Å². The van der Waals surface area contributed by atoms with E-state index in [0.717, 1.165) is 0 Å². The molecule has 1 saturated carbocycles. The molecule has 2 rings (SSSR count). The van der Waals surface area contributed by atoms with Crippen LogP contribution in [0.2, 0.25) is 5.02 Å². The zero-order valence-corrected chi connectivity index (χ0v) is 9.27. The van der Waals surface area contributed by atoms with Gasteiger partial charge in [-0.1, -0.05) is 36.2 Å². The molecule has 0 heterocycles. The number of carbonyl (C=O) groups excluding carboxylic acids is 1. The Morgan fingerprint density at radius 3 is 3.12 bits per heavy atom. The summed E-state index contributed by atoms with van der Waals surface area (Å²) in [6.45, 7) is -2.73. The van der Waals surface area contributed by atoms with Crippen molar-refractivity contribution in [2.24, 2.45) is 0 Å². The largest absolute Gasteiger partial charge is 0.304 e. The molecule has 1 aromatic rings. The fourth-order valence-corrected chi connectivity index (χ4v) is 2.16. The lowest BCUT2D eigenvalue weighted by molar-refractivity contribution is -0.127. The Bertz CT molecular complexity index is 631. The van der Waals surface area contributed by atoms with Crippen LogP contribution in [0.4, 0.5) is 0 Å². The van der Waals surface area contributed by atoms with E-state index in [2.05, 4.69) is 5.32 Å². The number of hydrogen-bond donors (Lipinski definition) is 1. The van der Waals surface area contributed by atoms with Crippen LogP contribution in [0.1, 0.15) is 40.7 Å². The van der Waals surface area contributed by atoms with Crippen LogP contribution in [0.3, 0.4) is 0 Å². The lowest BCUT2D eigenvalue weighted by atomic mass is 9.75. The first kappa shape index (κ1) is 5.65. The average molecular weight is 245 g/mol. The van der Waals surface area contributed by atoms with Crippen LogP contribution in [0.15, 0.2) is 24.3 Å². The second-order valence-electron chi connectivity index (χ2n) is 3.64. The van der Waals surface area contributed by atoms with Gasteiger partial charge in [0, 0.05) is 21.0 Å². The van der Waals surface area contributed by atoms with Gasteiger partial charge in [0.2, 0.25) is 0 Å². The number of ketones is 1. The Morgan fingerprint density at radius 2 is 2.38 bits per heavy atom. The molecule has 0 aromatic heterocycles. The molecule has 1 aliphatic carbocycles. The standard InChI is InChI=1S/C13H16ClNO/c1-15-13(9-5-4-8-12(13)16)10-6-2-3-7-11(10)14/h2-3,6-7,15H,4-5,8-9H2,1H3/i1D3,4D2,8D2. The lowest BCUT2D eigenvalue weighted by Crippen LogP contribution is -2.49. The molecule has 1 unspecified atom stereocenters. The average Bonchev–Trinajstić information content (AvgIpc) is 2.40. The highest BCUT2D eigenvalue weighted by atomic mass is 35.5. The number of likely N-dealkylation sites (N-methyl/N-ethyl adjacent to an activating group) is 1. The zero-order valence-electron chi connectivity index (χ0n) is 15.5. The minimum absolute atomic E-state index is 0.121. The van der Waals surface area contributed by atoms with E-state index in [-0.39, 0.29) is 23.4 Å². The summed E-state index contributed by atoms with van der Waals surface area (Å²) >= 11 is 6.11. The Balaban J connectivity index is 2.66. The van der Waals surface area contributed by atoms with Crippen LogP contribution in [-0.4, -0.2) is 12.8 Å². The molecule has 3 heteroatoms. The van der Waals surface area contributed by atoms with Crippen molar-refractivity contribution < 1.29 is 14.4 Å². The van der Waals surface area contributed by atoms with E-state index < -0.39 is 31.0 Å². The van der Waals surface area contributed by atoms with E-state index >= 15 is 0 Å². The molecule has 86 valence electrons. The molecule has 0 radical (unpaired) electrons. The van der Waals surface area contributed by atoms with Gasteiger partial charge in [0.25, 0.3) is 0 Å². The molecule has 1 atom stereocenters. The van der Waals surface area contributed by atoms with Gasteiger partial charge in [-0.25, -0.2) is 0 Å². The summed E-state index contributed by atoms with van der Waals surface area (Å²) in [5, 5.41) is 2.35. The van der Waals surface area contributed by atoms with Crippen molar-refractivity contribution in [2.45, 2.75) is 31.1 Å². The van der Waals surface area contributed by atoms with Gasteiger partial charge in [0.1, 0.15) is 5.54 Å². The number of Topliss-reactive ketones (excluding diaryl/α,β-unsaturated/α-hetero) is 1. The van der Waals surface area contributed by atoms with Gasteiger partial charge in [-0.15, -0.1) is 0 Å². The fraction of sp³-hybridized carbons (Fsp3) is 0.462. The van der Waals surface area contributed by atoms with Crippen molar-refractivity contribution in [3.05, 3.63) is 34.9 Å². The second kappa shape index (κ2) is 4.56. The molecular formula is C13H16ClNO. The number of carbonyl (C=O) groups is 1. The van der Waals surface area contributed by atoms with Crippen molar-refractivity contribution in [3.8, 4) is 0 Å². The smallest absolute Gasteiger partial charge is 0.157 e. The first-order chi connectivity index (χ1) is 10.3. The summed E-state index contributed by atoms with van der Waals surface area (Å²) in [4.78, 5) is 12.8. The number of halogens is 1. The first-order valence-corrected chi connectivity index (χ1v) is 5.31. The highest BCUT2D eigenvalue weighted by Gasteiger charge is 2.40. The number of benzene rings is 1. The van der Waals surface area contributed by atoms with Crippen LogP contribution in [0.25, 0.3) is 0 Å². The van der Waals surface area contributed by atoms with E-state index in [4.69, 9.17) is 21.2 Å². The Kier molecular flexibility index (Phi) is 1.61. The van der Waals surface area contributed by atoms with E-state index in [0.29, 0.717) is 0 Å². The van der Waals surface area contributed by atoms with Crippen molar-refractivity contribution in [2.75, 3.05) is 6.98 Å². The molecule has 0 bridgehead atoms. The van der Waals surface area contributed by atoms with Crippen molar-refractivity contribution >= 4 is 17.4 Å². The Morgan fingerprint density at radius 1 is 1.56 bits per heavy atom. The highest BCUT2D eigenvalue weighted by molar-refractivity contribution is 6.31. The van der Waals surface area contributed by atoms with Crippen LogP contribution in [0, 0.1) is 0 Å². The summed E-state index contributed by atoms with van der Waals surface area (Å²) in [6.07, 6.45) is -5.76. The van der Waals surface area contributed by atoms with Crippen LogP contribution >= 0.6 is 11.6 Å². The monoisotopic (exact) mass is 244 g/mol. The summed E-state index contributed by atoms with van der Waals surface area (Å²) in [5.74, 6) is -1.16. The third-order valence-corrected chi connectivity index (χ3v) is 3.09. The molecule has 0 aliphatic heterocycles. The summed E-state index contributed by atoms with van der Waals surface area (Å²) in [6, 6.07) is 6.11. The second-order valence-corrected chi connectivity index (χ2v) is 4.05. The minimum atomic E-state index is -2.84. The maximum atomic E-state index is 12.8. The lowest BCUT2D eigenvalue weighted by Gasteiger charge is -2.36. The van der Waals surface area contributed by atoms with E-state index in [1.165, 1.54) is 12.1 Å². The van der Waals surface area contributed by atoms with Gasteiger partial charge in [-0.3, -0.25) is 4.79 Å². The molecule has 1 aromatic carbocycles. The predicted octanol–water partition coefficient (Wildman–Crippen LogP) is 2.90. The van der Waals surface area contributed by atoms with Gasteiger partial charge in [0.05, 0.1) is 0 Å². The van der Waals surface area contributed by atoms with Crippen molar-refractivity contribution in [1.29, 1.82) is 0 Å². The maximum absolute atomic E-state index is 12.8.